The smallest absolute Gasteiger partial charge is 0.408 e. The Labute approximate surface area is 123 Å². The molecule has 5 nitrogen and oxygen atoms in total. The Morgan fingerprint density at radius 3 is 2.38 bits per heavy atom. The van der Waals surface area contributed by atoms with E-state index in [1.165, 1.54) is 0 Å². The van der Waals surface area contributed by atoms with E-state index in [0.717, 1.165) is 0 Å². The number of hydrogen-bond donors (Lipinski definition) is 2. The fourth-order valence-corrected chi connectivity index (χ4v) is 2.38. The summed E-state index contributed by atoms with van der Waals surface area (Å²) in [6, 6.07) is -1.16. The Morgan fingerprint density at radius 2 is 1.90 bits per heavy atom. The molecule has 3 unspecified atom stereocenters. The third kappa shape index (κ3) is 6.27. The molecule has 1 amide bonds. The Hall–Kier alpha value is -1.40. The Morgan fingerprint density at radius 1 is 1.29 bits per heavy atom. The SMILES string of the molecule is CC(C)(C)OC(=O)N[C@@H](CC1CCC(F)C(F)C1)C(=O)O. The lowest BCUT2D eigenvalue weighted by atomic mass is 9.83. The minimum atomic E-state index is -1.56. The summed E-state index contributed by atoms with van der Waals surface area (Å²) in [5.74, 6) is -1.47. The highest BCUT2D eigenvalue weighted by atomic mass is 19.2. The maximum atomic E-state index is 13.3. The monoisotopic (exact) mass is 307 g/mol. The molecule has 1 aliphatic rings. The van der Waals surface area contributed by atoms with Gasteiger partial charge in [-0.2, -0.15) is 0 Å². The molecule has 0 aromatic carbocycles. The van der Waals surface area contributed by atoms with E-state index in [1.54, 1.807) is 20.8 Å². The van der Waals surface area contributed by atoms with Crippen molar-refractivity contribution in [3.05, 3.63) is 0 Å². The van der Waals surface area contributed by atoms with Crippen LogP contribution in [-0.4, -0.2) is 41.2 Å². The van der Waals surface area contributed by atoms with Gasteiger partial charge < -0.3 is 15.2 Å². The minimum Gasteiger partial charge on any atom is -0.480 e. The van der Waals surface area contributed by atoms with Crippen LogP contribution in [0.25, 0.3) is 0 Å². The number of alkyl carbamates (subject to hydrolysis) is 1. The van der Waals surface area contributed by atoms with Crippen molar-refractivity contribution in [2.45, 2.75) is 70.4 Å². The topological polar surface area (TPSA) is 75.6 Å². The van der Waals surface area contributed by atoms with Gasteiger partial charge in [0.15, 0.2) is 0 Å². The highest BCUT2D eigenvalue weighted by molar-refractivity contribution is 5.80. The van der Waals surface area contributed by atoms with E-state index in [9.17, 15) is 18.4 Å². The van der Waals surface area contributed by atoms with E-state index in [0.29, 0.717) is 6.42 Å². The summed E-state index contributed by atoms with van der Waals surface area (Å²) in [6.45, 7) is 5.00. The first-order valence-corrected chi connectivity index (χ1v) is 7.09. The van der Waals surface area contributed by atoms with Crippen LogP contribution < -0.4 is 5.32 Å². The summed E-state index contributed by atoms with van der Waals surface area (Å²) >= 11 is 0. The Bertz CT molecular complexity index is 384. The second-order valence-corrected chi connectivity index (χ2v) is 6.48. The van der Waals surface area contributed by atoms with Crippen LogP contribution in [0.5, 0.6) is 0 Å². The third-order valence-corrected chi connectivity index (χ3v) is 3.36. The zero-order chi connectivity index (χ0) is 16.2. The van der Waals surface area contributed by atoms with Gasteiger partial charge in [0.05, 0.1) is 0 Å². The molecule has 1 aliphatic carbocycles. The number of alkyl halides is 2. The molecule has 21 heavy (non-hydrogen) atoms. The van der Waals surface area contributed by atoms with E-state index >= 15 is 0 Å². The number of hydrogen-bond acceptors (Lipinski definition) is 3. The molecule has 0 heterocycles. The van der Waals surface area contributed by atoms with Crippen LogP contribution in [0.1, 0.15) is 46.5 Å². The standard InChI is InChI=1S/C14H23F2NO4/c1-14(2,3)21-13(20)17-11(12(18)19)7-8-4-5-9(15)10(16)6-8/h8-11H,4-7H2,1-3H3,(H,17,20)(H,18,19)/t8?,9?,10?,11-/m0/s1. The van der Waals surface area contributed by atoms with Gasteiger partial charge in [0.2, 0.25) is 0 Å². The van der Waals surface area contributed by atoms with Crippen LogP contribution in [0.3, 0.4) is 0 Å². The summed E-state index contributed by atoms with van der Waals surface area (Å²) in [7, 11) is 0. The van der Waals surface area contributed by atoms with E-state index in [1.807, 2.05) is 0 Å². The van der Waals surface area contributed by atoms with Crippen LogP contribution in [0, 0.1) is 5.92 Å². The molecule has 1 saturated carbocycles. The molecule has 0 bridgehead atoms. The summed E-state index contributed by atoms with van der Waals surface area (Å²) < 4.78 is 31.4. The quantitative estimate of drug-likeness (QED) is 0.837. The molecule has 2 N–H and O–H groups in total. The van der Waals surface area contributed by atoms with Crippen LogP contribution in [0.4, 0.5) is 13.6 Å². The second kappa shape index (κ2) is 7.04. The van der Waals surface area contributed by atoms with Crippen molar-refractivity contribution in [1.29, 1.82) is 0 Å². The molecule has 7 heteroatoms. The van der Waals surface area contributed by atoms with Crippen molar-refractivity contribution in [2.24, 2.45) is 5.92 Å². The fourth-order valence-electron chi connectivity index (χ4n) is 2.38. The van der Waals surface area contributed by atoms with E-state index < -0.39 is 36.0 Å². The zero-order valence-corrected chi connectivity index (χ0v) is 12.6. The van der Waals surface area contributed by atoms with Gasteiger partial charge in [-0.05, 0) is 52.4 Å². The largest absolute Gasteiger partial charge is 0.480 e. The van der Waals surface area contributed by atoms with Gasteiger partial charge in [-0.1, -0.05) is 0 Å². The van der Waals surface area contributed by atoms with Crippen molar-refractivity contribution in [3.8, 4) is 0 Å². The summed E-state index contributed by atoms with van der Waals surface area (Å²) in [4.78, 5) is 22.8. The predicted molar refractivity (Wildman–Crippen MR) is 72.5 cm³/mol. The molecule has 0 spiro atoms. The molecule has 1 rings (SSSR count). The van der Waals surface area contributed by atoms with Gasteiger partial charge >= 0.3 is 12.1 Å². The summed E-state index contributed by atoms with van der Waals surface area (Å²) in [5.41, 5.74) is -0.733. The highest BCUT2D eigenvalue weighted by Gasteiger charge is 2.34. The number of nitrogens with one attached hydrogen (secondary N) is 1. The molecule has 4 atom stereocenters. The average Bonchev–Trinajstić information content (AvgIpc) is 2.30. The number of carbonyl (C=O) groups excluding carboxylic acids is 1. The van der Waals surface area contributed by atoms with Gasteiger partial charge in [-0.25, -0.2) is 18.4 Å². The lowest BCUT2D eigenvalue weighted by Gasteiger charge is -2.29. The minimum absolute atomic E-state index is 0.0130. The molecular formula is C14H23F2NO4. The van der Waals surface area contributed by atoms with Crippen molar-refractivity contribution < 1.29 is 28.2 Å². The van der Waals surface area contributed by atoms with E-state index in [-0.39, 0.29) is 25.2 Å². The maximum absolute atomic E-state index is 13.3. The Kier molecular flexibility index (Phi) is 5.92. The summed E-state index contributed by atoms with van der Waals surface area (Å²) in [6.07, 6.45) is -3.29. The first-order valence-electron chi connectivity index (χ1n) is 7.09. The Balaban J connectivity index is 2.54. The van der Waals surface area contributed by atoms with Crippen LogP contribution in [0.15, 0.2) is 0 Å². The first-order chi connectivity index (χ1) is 9.58. The predicted octanol–water partition coefficient (Wildman–Crippen LogP) is 2.83. The summed E-state index contributed by atoms with van der Waals surface area (Å²) in [5, 5.41) is 11.4. The molecule has 0 aliphatic heterocycles. The second-order valence-electron chi connectivity index (χ2n) is 6.48. The number of carboxylic acids is 1. The maximum Gasteiger partial charge on any atom is 0.408 e. The van der Waals surface area contributed by atoms with Crippen LogP contribution in [0.2, 0.25) is 0 Å². The van der Waals surface area contributed by atoms with Crippen LogP contribution >= 0.6 is 0 Å². The number of ether oxygens (including phenoxy) is 1. The zero-order valence-electron chi connectivity index (χ0n) is 12.6. The first kappa shape index (κ1) is 17.7. The lowest BCUT2D eigenvalue weighted by Crippen LogP contribution is -2.45. The number of halogens is 2. The molecule has 0 aromatic heterocycles. The average molecular weight is 307 g/mol. The normalized spacial score (nSPS) is 27.8. The number of carbonyl (C=O) groups is 2. The van der Waals surface area contributed by atoms with E-state index in [2.05, 4.69) is 5.32 Å². The molecule has 0 aromatic rings. The van der Waals surface area contributed by atoms with Gasteiger partial charge in [-0.15, -0.1) is 0 Å². The van der Waals surface area contributed by atoms with Gasteiger partial charge in [0.1, 0.15) is 24.0 Å². The van der Waals surface area contributed by atoms with Crippen molar-refractivity contribution in [3.63, 3.8) is 0 Å². The molecule has 1 fully saturated rings. The van der Waals surface area contributed by atoms with E-state index in [4.69, 9.17) is 9.84 Å². The molecule has 122 valence electrons. The number of aliphatic carboxylic acids is 1. The molecule has 0 saturated heterocycles. The van der Waals surface area contributed by atoms with Crippen molar-refractivity contribution >= 4 is 12.1 Å². The van der Waals surface area contributed by atoms with Crippen LogP contribution in [-0.2, 0) is 9.53 Å². The molecular weight excluding hydrogens is 284 g/mol. The van der Waals surface area contributed by atoms with Gasteiger partial charge in [0, 0.05) is 0 Å². The third-order valence-electron chi connectivity index (χ3n) is 3.36. The van der Waals surface area contributed by atoms with Crippen molar-refractivity contribution in [1.82, 2.24) is 5.32 Å². The van der Waals surface area contributed by atoms with Gasteiger partial charge in [0.25, 0.3) is 0 Å². The molecule has 0 radical (unpaired) electrons. The highest BCUT2D eigenvalue weighted by Crippen LogP contribution is 2.31. The fraction of sp³-hybridized carbons (Fsp3) is 0.857. The van der Waals surface area contributed by atoms with Crippen molar-refractivity contribution in [2.75, 3.05) is 0 Å². The number of amides is 1. The lowest BCUT2D eigenvalue weighted by molar-refractivity contribution is -0.140. The van der Waals surface area contributed by atoms with Gasteiger partial charge in [-0.3, -0.25) is 0 Å². The number of carboxylic acid groups (broad SMARTS) is 1. The number of rotatable bonds is 4.